The van der Waals surface area contributed by atoms with E-state index in [1.54, 1.807) is 19.2 Å². The molecule has 0 bridgehead atoms. The van der Waals surface area contributed by atoms with Crippen LogP contribution in [0.15, 0.2) is 18.3 Å². The summed E-state index contributed by atoms with van der Waals surface area (Å²) >= 11 is 0. The number of fused-ring (bicyclic) bond motifs is 1. The van der Waals surface area contributed by atoms with Gasteiger partial charge in [-0.05, 0) is 45.4 Å². The van der Waals surface area contributed by atoms with E-state index in [0.29, 0.717) is 11.1 Å². The predicted molar refractivity (Wildman–Crippen MR) is 70.2 cm³/mol. The molecule has 0 fully saturated rings. The average molecular weight is 248 g/mol. The largest absolute Gasteiger partial charge is 0.360 e. The maximum absolute atomic E-state index is 14.2. The summed E-state index contributed by atoms with van der Waals surface area (Å²) in [5.41, 5.74) is 0.706. The van der Waals surface area contributed by atoms with Gasteiger partial charge >= 0.3 is 0 Å². The van der Waals surface area contributed by atoms with E-state index in [-0.39, 0.29) is 5.56 Å². The normalized spacial score (nSPS) is 11.8. The zero-order valence-electron chi connectivity index (χ0n) is 11.0. The van der Waals surface area contributed by atoms with Crippen molar-refractivity contribution in [2.45, 2.75) is 33.2 Å². The number of halogens is 1. The van der Waals surface area contributed by atoms with E-state index >= 15 is 0 Å². The van der Waals surface area contributed by atoms with E-state index in [1.807, 2.05) is 26.8 Å². The Balaban J connectivity index is 2.58. The smallest absolute Gasteiger partial charge is 0.256 e. The Bertz CT molecular complexity index is 608. The molecule has 0 saturated heterocycles. The lowest BCUT2D eigenvalue weighted by molar-refractivity contribution is 0.0917. The first-order valence-electron chi connectivity index (χ1n) is 5.88. The van der Waals surface area contributed by atoms with Gasteiger partial charge in [0.05, 0.1) is 11.1 Å². The van der Waals surface area contributed by atoms with Gasteiger partial charge in [0.2, 0.25) is 0 Å². The number of aryl methyl sites for hydroxylation is 1. The molecular weight excluding hydrogens is 231 g/mol. The first kappa shape index (κ1) is 12.6. The van der Waals surface area contributed by atoms with Gasteiger partial charge in [0.1, 0.15) is 5.82 Å². The Kier molecular flexibility index (Phi) is 2.89. The molecule has 0 radical (unpaired) electrons. The number of H-pyrrole nitrogens is 1. The van der Waals surface area contributed by atoms with Crippen molar-refractivity contribution in [2.24, 2.45) is 0 Å². The number of rotatable bonds is 1. The van der Waals surface area contributed by atoms with Crippen molar-refractivity contribution in [2.75, 3.05) is 0 Å². The SMILES string of the molecule is Cc1cc2cc[nH]c2c(C(=O)NC(C)(C)C)c1F. The molecule has 0 saturated carbocycles. The first-order valence-corrected chi connectivity index (χ1v) is 5.88. The summed E-state index contributed by atoms with van der Waals surface area (Å²) in [6.07, 6.45) is 1.71. The molecule has 0 aliphatic carbocycles. The van der Waals surface area contributed by atoms with Gasteiger partial charge in [0.15, 0.2) is 0 Å². The Hall–Kier alpha value is -1.84. The summed E-state index contributed by atoms with van der Waals surface area (Å²) in [6, 6.07) is 3.56. The molecule has 0 aliphatic heterocycles. The van der Waals surface area contributed by atoms with E-state index in [4.69, 9.17) is 0 Å². The second-order valence-corrected chi connectivity index (χ2v) is 5.53. The van der Waals surface area contributed by atoms with Crippen LogP contribution in [0.1, 0.15) is 36.7 Å². The predicted octanol–water partition coefficient (Wildman–Crippen LogP) is 3.14. The van der Waals surface area contributed by atoms with Crippen LogP contribution in [0.2, 0.25) is 0 Å². The summed E-state index contributed by atoms with van der Waals surface area (Å²) in [6.45, 7) is 7.26. The summed E-state index contributed by atoms with van der Waals surface area (Å²) < 4.78 is 14.2. The van der Waals surface area contributed by atoms with Crippen LogP contribution in [0.4, 0.5) is 4.39 Å². The van der Waals surface area contributed by atoms with E-state index in [2.05, 4.69) is 10.3 Å². The third-order valence-electron chi connectivity index (χ3n) is 2.68. The lowest BCUT2D eigenvalue weighted by atomic mass is 10.0. The number of hydrogen-bond donors (Lipinski definition) is 2. The molecule has 2 rings (SSSR count). The Morgan fingerprint density at radius 3 is 2.67 bits per heavy atom. The van der Waals surface area contributed by atoms with Gasteiger partial charge in [-0.25, -0.2) is 4.39 Å². The highest BCUT2D eigenvalue weighted by Crippen LogP contribution is 2.24. The molecule has 1 aromatic carbocycles. The number of hydrogen-bond acceptors (Lipinski definition) is 1. The van der Waals surface area contributed by atoms with Gasteiger partial charge in [0, 0.05) is 17.1 Å². The molecule has 0 aliphatic rings. The lowest BCUT2D eigenvalue weighted by Gasteiger charge is -2.21. The lowest BCUT2D eigenvalue weighted by Crippen LogP contribution is -2.41. The highest BCUT2D eigenvalue weighted by molar-refractivity contribution is 6.06. The molecule has 4 heteroatoms. The third-order valence-corrected chi connectivity index (χ3v) is 2.68. The van der Waals surface area contributed by atoms with Gasteiger partial charge in [0.25, 0.3) is 5.91 Å². The van der Waals surface area contributed by atoms with Crippen LogP contribution < -0.4 is 5.32 Å². The summed E-state index contributed by atoms with van der Waals surface area (Å²) in [7, 11) is 0. The van der Waals surface area contributed by atoms with Crippen molar-refractivity contribution in [3.05, 3.63) is 35.3 Å². The van der Waals surface area contributed by atoms with Crippen LogP contribution in [0.25, 0.3) is 10.9 Å². The van der Waals surface area contributed by atoms with E-state index in [9.17, 15) is 9.18 Å². The number of carbonyl (C=O) groups is 1. The number of carbonyl (C=O) groups excluding carboxylic acids is 1. The quantitative estimate of drug-likeness (QED) is 0.800. The number of amides is 1. The highest BCUT2D eigenvalue weighted by atomic mass is 19.1. The van der Waals surface area contributed by atoms with Crippen molar-refractivity contribution in [1.82, 2.24) is 10.3 Å². The Labute approximate surface area is 105 Å². The van der Waals surface area contributed by atoms with E-state index < -0.39 is 17.3 Å². The molecule has 96 valence electrons. The molecule has 3 nitrogen and oxygen atoms in total. The molecule has 0 spiro atoms. The minimum Gasteiger partial charge on any atom is -0.360 e. The summed E-state index contributed by atoms with van der Waals surface area (Å²) in [5.74, 6) is -0.858. The van der Waals surface area contributed by atoms with Crippen LogP contribution in [-0.4, -0.2) is 16.4 Å². The van der Waals surface area contributed by atoms with Gasteiger partial charge < -0.3 is 10.3 Å². The Morgan fingerprint density at radius 2 is 2.06 bits per heavy atom. The summed E-state index contributed by atoms with van der Waals surface area (Å²) in [4.78, 5) is 15.1. The average Bonchev–Trinajstić information content (AvgIpc) is 2.63. The number of nitrogens with one attached hydrogen (secondary N) is 2. The molecule has 0 atom stereocenters. The third kappa shape index (κ3) is 2.23. The van der Waals surface area contributed by atoms with E-state index in [0.717, 1.165) is 5.39 Å². The van der Waals surface area contributed by atoms with Crippen LogP contribution in [-0.2, 0) is 0 Å². The zero-order chi connectivity index (χ0) is 13.5. The van der Waals surface area contributed by atoms with Crippen LogP contribution >= 0.6 is 0 Å². The summed E-state index contributed by atoms with van der Waals surface area (Å²) in [5, 5.41) is 3.63. The van der Waals surface area contributed by atoms with Crippen molar-refractivity contribution >= 4 is 16.8 Å². The van der Waals surface area contributed by atoms with Crippen molar-refractivity contribution in [1.29, 1.82) is 0 Å². The second-order valence-electron chi connectivity index (χ2n) is 5.53. The second kappa shape index (κ2) is 4.12. The van der Waals surface area contributed by atoms with Crippen molar-refractivity contribution in [3.63, 3.8) is 0 Å². The molecule has 0 unspecified atom stereocenters. The monoisotopic (exact) mass is 248 g/mol. The fourth-order valence-corrected chi connectivity index (χ4v) is 1.94. The minimum atomic E-state index is -0.466. The molecule has 2 aromatic rings. The topological polar surface area (TPSA) is 44.9 Å². The van der Waals surface area contributed by atoms with Crippen LogP contribution in [0.3, 0.4) is 0 Å². The molecule has 2 N–H and O–H groups in total. The fourth-order valence-electron chi connectivity index (χ4n) is 1.94. The number of benzene rings is 1. The molecule has 1 aromatic heterocycles. The molecular formula is C14H17FN2O. The maximum atomic E-state index is 14.2. The van der Waals surface area contributed by atoms with E-state index in [1.165, 1.54) is 0 Å². The number of aromatic amines is 1. The molecule has 18 heavy (non-hydrogen) atoms. The van der Waals surface area contributed by atoms with Gasteiger partial charge in [-0.15, -0.1) is 0 Å². The minimum absolute atomic E-state index is 0.0879. The van der Waals surface area contributed by atoms with Gasteiger partial charge in [-0.3, -0.25) is 4.79 Å². The standard InChI is InChI=1S/C14H17FN2O/c1-8-7-9-5-6-16-12(9)10(11(8)15)13(18)17-14(2,3)4/h5-7,16H,1-4H3,(H,17,18). The van der Waals surface area contributed by atoms with Crippen molar-refractivity contribution < 1.29 is 9.18 Å². The van der Waals surface area contributed by atoms with Gasteiger partial charge in [-0.1, -0.05) is 0 Å². The first-order chi connectivity index (χ1) is 8.29. The van der Waals surface area contributed by atoms with Crippen LogP contribution in [0, 0.1) is 12.7 Å². The van der Waals surface area contributed by atoms with Gasteiger partial charge in [-0.2, -0.15) is 0 Å². The maximum Gasteiger partial charge on any atom is 0.256 e. The Morgan fingerprint density at radius 1 is 1.39 bits per heavy atom. The number of aromatic nitrogens is 1. The molecule has 1 heterocycles. The molecule has 1 amide bonds. The zero-order valence-corrected chi connectivity index (χ0v) is 11.0. The fraction of sp³-hybridized carbons (Fsp3) is 0.357. The van der Waals surface area contributed by atoms with Crippen LogP contribution in [0.5, 0.6) is 0 Å². The highest BCUT2D eigenvalue weighted by Gasteiger charge is 2.22. The van der Waals surface area contributed by atoms with Crippen molar-refractivity contribution in [3.8, 4) is 0 Å².